The number of esters is 1. The van der Waals surface area contributed by atoms with Crippen LogP contribution in [0.4, 0.5) is 11.4 Å². The van der Waals surface area contributed by atoms with Crippen molar-refractivity contribution in [2.75, 3.05) is 5.32 Å². The highest BCUT2D eigenvalue weighted by molar-refractivity contribution is 6.34. The number of aromatic amines is 1. The molecule has 1 aromatic heterocycles. The van der Waals surface area contributed by atoms with Gasteiger partial charge in [0.25, 0.3) is 11.6 Å². The van der Waals surface area contributed by atoms with Crippen molar-refractivity contribution >= 4 is 34.9 Å². The van der Waals surface area contributed by atoms with Crippen LogP contribution in [0.25, 0.3) is 0 Å². The van der Waals surface area contributed by atoms with Crippen LogP contribution in [0.15, 0.2) is 60.8 Å². The summed E-state index contributed by atoms with van der Waals surface area (Å²) < 4.78 is 5.34. The Bertz CT molecular complexity index is 1010. The van der Waals surface area contributed by atoms with Gasteiger partial charge in [-0.25, -0.2) is 4.79 Å². The lowest BCUT2D eigenvalue weighted by atomic mass is 10.1. The Kier molecular flexibility index (Phi) is 5.66. The van der Waals surface area contributed by atoms with Crippen molar-refractivity contribution in [2.45, 2.75) is 6.10 Å². The fourth-order valence-electron chi connectivity index (χ4n) is 2.36. The first-order chi connectivity index (χ1) is 13.5. The third-order valence-corrected chi connectivity index (χ3v) is 4.02. The number of carbonyl (C=O) groups is 2. The molecule has 142 valence electrons. The summed E-state index contributed by atoms with van der Waals surface area (Å²) in [5.74, 6) is -1.44. The van der Waals surface area contributed by atoms with Crippen LogP contribution < -0.4 is 5.32 Å². The number of H-pyrrole nitrogens is 1. The van der Waals surface area contributed by atoms with Crippen molar-refractivity contribution in [2.24, 2.45) is 0 Å². The fraction of sp³-hybridized carbons (Fsp3) is 0.0556. The molecule has 0 saturated heterocycles. The third-order valence-electron chi connectivity index (χ3n) is 3.71. The molecule has 3 aromatic rings. The average molecular weight is 401 g/mol. The number of nitro groups is 1. The minimum Gasteiger partial charge on any atom is -0.443 e. The predicted octanol–water partition coefficient (Wildman–Crippen LogP) is 3.51. The monoisotopic (exact) mass is 400 g/mol. The molecule has 9 nitrogen and oxygen atoms in total. The molecule has 1 heterocycles. The summed E-state index contributed by atoms with van der Waals surface area (Å²) in [7, 11) is 0. The van der Waals surface area contributed by atoms with Gasteiger partial charge in [-0.2, -0.15) is 5.10 Å². The molecule has 0 fully saturated rings. The van der Waals surface area contributed by atoms with E-state index in [1.54, 1.807) is 30.3 Å². The Morgan fingerprint density at radius 3 is 2.54 bits per heavy atom. The van der Waals surface area contributed by atoms with E-state index in [4.69, 9.17) is 16.3 Å². The SMILES string of the molecule is O=C(O[C@H](C(=O)Nc1ccc([N+](=O)[O-])cc1Cl)c1ccccc1)c1ccn[nH]1. The second-order valence-electron chi connectivity index (χ2n) is 5.58. The van der Waals surface area contributed by atoms with Gasteiger partial charge in [-0.05, 0) is 12.1 Å². The molecule has 10 heteroatoms. The zero-order valence-electron chi connectivity index (χ0n) is 14.2. The normalized spacial score (nSPS) is 11.5. The number of rotatable bonds is 6. The Balaban J connectivity index is 1.84. The summed E-state index contributed by atoms with van der Waals surface area (Å²) >= 11 is 6.02. The number of carbonyl (C=O) groups excluding carboxylic acids is 2. The standard InChI is InChI=1S/C18H13ClN4O5/c19-13-10-12(23(26)27)6-7-14(13)21-17(24)16(11-4-2-1-3-5-11)28-18(25)15-8-9-20-22-15/h1-10,16H,(H,20,22)(H,21,24)/t16-/m0/s1. The van der Waals surface area contributed by atoms with Crippen LogP contribution in [0, 0.1) is 10.1 Å². The smallest absolute Gasteiger partial charge is 0.357 e. The van der Waals surface area contributed by atoms with Crippen molar-refractivity contribution in [3.63, 3.8) is 0 Å². The molecule has 0 unspecified atom stereocenters. The Morgan fingerprint density at radius 1 is 1.18 bits per heavy atom. The number of nitro benzene ring substituents is 1. The zero-order chi connectivity index (χ0) is 20.1. The first-order valence-corrected chi connectivity index (χ1v) is 8.33. The van der Waals surface area contributed by atoms with Crippen LogP contribution in [0.5, 0.6) is 0 Å². The summed E-state index contributed by atoms with van der Waals surface area (Å²) in [5.41, 5.74) is 0.456. The van der Waals surface area contributed by atoms with E-state index >= 15 is 0 Å². The van der Waals surface area contributed by atoms with Gasteiger partial charge >= 0.3 is 5.97 Å². The summed E-state index contributed by atoms with van der Waals surface area (Å²) in [4.78, 5) is 35.2. The van der Waals surface area contributed by atoms with Crippen LogP contribution in [-0.2, 0) is 9.53 Å². The molecule has 2 aromatic carbocycles. The van der Waals surface area contributed by atoms with Crippen molar-refractivity contribution < 1.29 is 19.2 Å². The first-order valence-electron chi connectivity index (χ1n) is 7.96. The van der Waals surface area contributed by atoms with Crippen LogP contribution in [0.3, 0.4) is 0 Å². The van der Waals surface area contributed by atoms with Crippen LogP contribution in [-0.4, -0.2) is 27.0 Å². The van der Waals surface area contributed by atoms with E-state index in [1.165, 1.54) is 24.4 Å². The van der Waals surface area contributed by atoms with Gasteiger partial charge in [-0.15, -0.1) is 0 Å². The lowest BCUT2D eigenvalue weighted by Crippen LogP contribution is -2.26. The maximum Gasteiger partial charge on any atom is 0.357 e. The number of halogens is 1. The van der Waals surface area contributed by atoms with E-state index in [-0.39, 0.29) is 22.1 Å². The quantitative estimate of drug-likeness (QED) is 0.370. The van der Waals surface area contributed by atoms with Crippen LogP contribution in [0.2, 0.25) is 5.02 Å². The third kappa shape index (κ3) is 4.33. The minimum absolute atomic E-state index is 0.0192. The van der Waals surface area contributed by atoms with Gasteiger partial charge in [0.15, 0.2) is 0 Å². The van der Waals surface area contributed by atoms with E-state index in [1.807, 2.05) is 0 Å². The van der Waals surface area contributed by atoms with Crippen LogP contribution in [0.1, 0.15) is 22.2 Å². The second kappa shape index (κ2) is 8.31. The second-order valence-corrected chi connectivity index (χ2v) is 5.98. The Labute approximate surface area is 163 Å². The molecule has 1 amide bonds. The molecule has 0 saturated carbocycles. The highest BCUT2D eigenvalue weighted by atomic mass is 35.5. The van der Waals surface area contributed by atoms with Gasteiger partial charge < -0.3 is 10.1 Å². The van der Waals surface area contributed by atoms with Gasteiger partial charge in [0, 0.05) is 23.9 Å². The summed E-state index contributed by atoms with van der Waals surface area (Å²) in [6, 6.07) is 13.4. The molecule has 0 aliphatic carbocycles. The van der Waals surface area contributed by atoms with E-state index in [9.17, 15) is 19.7 Å². The molecule has 0 aliphatic heterocycles. The van der Waals surface area contributed by atoms with Gasteiger partial charge in [0.1, 0.15) is 5.69 Å². The lowest BCUT2D eigenvalue weighted by Gasteiger charge is -2.18. The number of non-ortho nitro benzene ring substituents is 1. The average Bonchev–Trinajstić information content (AvgIpc) is 3.23. The van der Waals surface area contributed by atoms with Crippen LogP contribution >= 0.6 is 11.6 Å². The molecule has 0 spiro atoms. The van der Waals surface area contributed by atoms with Gasteiger partial charge in [0.05, 0.1) is 15.6 Å². The summed E-state index contributed by atoms with van der Waals surface area (Å²) in [5, 5.41) is 19.5. The summed E-state index contributed by atoms with van der Waals surface area (Å²) in [6.07, 6.45) is 0.105. The minimum atomic E-state index is -1.27. The maximum atomic E-state index is 12.8. The van der Waals surface area contributed by atoms with E-state index < -0.39 is 22.9 Å². The number of nitrogens with zero attached hydrogens (tertiary/aromatic N) is 2. The fourth-order valence-corrected chi connectivity index (χ4v) is 2.58. The highest BCUT2D eigenvalue weighted by Gasteiger charge is 2.27. The maximum absolute atomic E-state index is 12.8. The molecular formula is C18H13ClN4O5. The van der Waals surface area contributed by atoms with Crippen molar-refractivity contribution in [3.8, 4) is 0 Å². The van der Waals surface area contributed by atoms with Gasteiger partial charge in [-0.3, -0.25) is 20.0 Å². The molecular weight excluding hydrogens is 388 g/mol. The summed E-state index contributed by atoms with van der Waals surface area (Å²) in [6.45, 7) is 0. The van der Waals surface area contributed by atoms with Gasteiger partial charge in [-0.1, -0.05) is 41.9 Å². The number of benzene rings is 2. The number of amides is 1. The number of aromatic nitrogens is 2. The topological polar surface area (TPSA) is 127 Å². The molecule has 3 rings (SSSR count). The number of nitrogens with one attached hydrogen (secondary N) is 2. The Hall–Kier alpha value is -3.72. The largest absolute Gasteiger partial charge is 0.443 e. The zero-order valence-corrected chi connectivity index (χ0v) is 14.9. The molecule has 0 radical (unpaired) electrons. The van der Waals surface area contributed by atoms with Crippen molar-refractivity contribution in [1.29, 1.82) is 0 Å². The lowest BCUT2D eigenvalue weighted by molar-refractivity contribution is -0.384. The number of hydrogen-bond donors (Lipinski definition) is 2. The predicted molar refractivity (Wildman–Crippen MR) is 99.9 cm³/mol. The van der Waals surface area contributed by atoms with E-state index in [0.29, 0.717) is 5.56 Å². The number of anilines is 1. The first kappa shape index (κ1) is 19.1. The molecule has 0 aliphatic rings. The van der Waals surface area contributed by atoms with Crippen molar-refractivity contribution in [3.05, 3.63) is 87.2 Å². The molecule has 0 bridgehead atoms. The van der Waals surface area contributed by atoms with Crippen molar-refractivity contribution in [1.82, 2.24) is 10.2 Å². The van der Waals surface area contributed by atoms with Gasteiger partial charge in [0.2, 0.25) is 6.10 Å². The van der Waals surface area contributed by atoms with E-state index in [2.05, 4.69) is 15.5 Å². The molecule has 1 atom stereocenters. The Morgan fingerprint density at radius 2 is 1.93 bits per heavy atom. The number of ether oxygens (including phenoxy) is 1. The highest BCUT2D eigenvalue weighted by Crippen LogP contribution is 2.28. The molecule has 2 N–H and O–H groups in total. The van der Waals surface area contributed by atoms with E-state index in [0.717, 1.165) is 6.07 Å². The molecule has 28 heavy (non-hydrogen) atoms. The number of hydrogen-bond acceptors (Lipinski definition) is 6.